The van der Waals surface area contributed by atoms with Crippen molar-refractivity contribution in [1.82, 2.24) is 36.1 Å². The number of ketones is 1. The van der Waals surface area contributed by atoms with E-state index >= 15 is 0 Å². The first-order valence-electron chi connectivity index (χ1n) is 25.3. The number of ether oxygens (including phenoxy) is 4. The molecule has 25 heteroatoms. The number of carbonyl (C=O) groups is 10. The van der Waals surface area contributed by atoms with E-state index in [1.807, 2.05) is 12.1 Å². The van der Waals surface area contributed by atoms with Crippen LogP contribution in [0, 0.1) is 0 Å². The highest BCUT2D eigenvalue weighted by Crippen LogP contribution is 2.37. The van der Waals surface area contributed by atoms with E-state index in [0.717, 1.165) is 16.0 Å². The van der Waals surface area contributed by atoms with Crippen molar-refractivity contribution in [1.29, 1.82) is 0 Å². The van der Waals surface area contributed by atoms with Gasteiger partial charge in [0.05, 0.1) is 55.5 Å². The fourth-order valence-electron chi connectivity index (χ4n) is 8.21. The number of nitrogens with two attached hydrogens (primary N) is 1. The molecule has 24 nitrogen and oxygen atoms in total. The Morgan fingerprint density at radius 2 is 1.42 bits per heavy atom. The molecule has 0 spiro atoms. The van der Waals surface area contributed by atoms with Gasteiger partial charge in [-0.05, 0) is 72.7 Å². The quantitative estimate of drug-likeness (QED) is 0.0209. The van der Waals surface area contributed by atoms with Crippen LogP contribution in [0.4, 0.5) is 10.5 Å². The van der Waals surface area contributed by atoms with Gasteiger partial charge in [0.15, 0.2) is 23.0 Å². The van der Waals surface area contributed by atoms with E-state index in [4.69, 9.17) is 29.8 Å². The number of fused-ring (bicyclic) bond motifs is 2. The number of carbonyl (C=O) groups excluding carboxylic acids is 9. The number of carboxylic acid groups (broad SMARTS) is 1. The summed E-state index contributed by atoms with van der Waals surface area (Å²) < 4.78 is 23.8. The van der Waals surface area contributed by atoms with Crippen LogP contribution in [0.15, 0.2) is 60.7 Å². The number of primary amides is 1. The lowest BCUT2D eigenvalue weighted by Gasteiger charge is -2.19. The Labute approximate surface area is 452 Å². The van der Waals surface area contributed by atoms with Crippen molar-refractivity contribution < 1.29 is 72.0 Å². The summed E-state index contributed by atoms with van der Waals surface area (Å²) in [6.45, 7) is 1.30. The summed E-state index contributed by atoms with van der Waals surface area (Å²) in [5.74, 6) is -2.54. The number of aliphatic carboxylic acids is 1. The van der Waals surface area contributed by atoms with Crippen LogP contribution < -0.4 is 51.3 Å². The smallest absolute Gasteiger partial charge is 0.312 e. The number of urea groups is 1. The number of rotatable bonds is 32. The van der Waals surface area contributed by atoms with Gasteiger partial charge in [-0.1, -0.05) is 18.6 Å². The van der Waals surface area contributed by atoms with Crippen LogP contribution in [0.2, 0.25) is 0 Å². The SMILES string of the molecule is COc1cc2c(cc1OCCCOc1nc3cc(C(=O)CCC(=O)O)sc3cc1OC)CN(C(=O)CCC(=O)NCc1ccc(NC(=O)[C@H](CCCNC(N)=O)NC(=O)CNC(=O)CCCCCN3C(=O)C=CC3=O)cc1)C2. The molecule has 2 aromatic carbocycles. The van der Waals surface area contributed by atoms with Gasteiger partial charge < -0.3 is 61.3 Å². The molecule has 416 valence electrons. The number of aromatic nitrogens is 1. The number of amides is 9. The van der Waals surface area contributed by atoms with Gasteiger partial charge in [0.1, 0.15) is 6.04 Å². The molecular weight excluding hydrogens is 1030 g/mol. The Kier molecular flexibility index (Phi) is 21.8. The van der Waals surface area contributed by atoms with Crippen LogP contribution in [-0.4, -0.2) is 132 Å². The normalized spacial score (nSPS) is 12.9. The van der Waals surface area contributed by atoms with Gasteiger partial charge in [-0.3, -0.25) is 48.1 Å². The van der Waals surface area contributed by atoms with Gasteiger partial charge >= 0.3 is 12.0 Å². The molecule has 0 fully saturated rings. The van der Waals surface area contributed by atoms with Crippen molar-refractivity contribution >= 4 is 86.4 Å². The molecule has 8 N–H and O–H groups in total. The van der Waals surface area contributed by atoms with E-state index in [2.05, 4.69) is 31.6 Å². The van der Waals surface area contributed by atoms with E-state index in [0.29, 0.717) is 88.8 Å². The monoisotopic (exact) mass is 1100 g/mol. The number of carboxylic acids is 1. The highest BCUT2D eigenvalue weighted by molar-refractivity contribution is 7.20. The highest BCUT2D eigenvalue weighted by atomic mass is 32.1. The van der Waals surface area contributed by atoms with Gasteiger partial charge in [0.25, 0.3) is 17.7 Å². The van der Waals surface area contributed by atoms with E-state index in [-0.39, 0.29) is 119 Å². The fourth-order valence-corrected chi connectivity index (χ4v) is 9.21. The number of Topliss-reactive ketones (excluding diaryl/α,β-unsaturated/α-hetero) is 1. The molecule has 2 aromatic heterocycles. The summed E-state index contributed by atoms with van der Waals surface area (Å²) in [6, 6.07) is 11.9. The first kappa shape index (κ1) is 58.6. The molecule has 0 unspecified atom stereocenters. The second kappa shape index (κ2) is 29.1. The third-order valence-electron chi connectivity index (χ3n) is 12.4. The minimum atomic E-state index is -1.05. The summed E-state index contributed by atoms with van der Waals surface area (Å²) in [5.41, 5.74) is 8.57. The summed E-state index contributed by atoms with van der Waals surface area (Å²) >= 11 is 1.21. The minimum absolute atomic E-state index is 0.0217. The lowest BCUT2D eigenvalue weighted by Crippen LogP contribution is -2.47. The van der Waals surface area contributed by atoms with Gasteiger partial charge in [-0.2, -0.15) is 0 Å². The topological polar surface area (TPSA) is 333 Å². The number of pyridine rings is 1. The fraction of sp³-hybridized carbons (Fsp3) is 0.415. The predicted octanol–water partition coefficient (Wildman–Crippen LogP) is 3.62. The first-order valence-corrected chi connectivity index (χ1v) is 26.1. The molecule has 0 bridgehead atoms. The van der Waals surface area contributed by atoms with E-state index in [1.54, 1.807) is 41.3 Å². The number of imide groups is 1. The molecule has 9 amide bonds. The average molecular weight is 1100 g/mol. The van der Waals surface area contributed by atoms with Crippen molar-refractivity contribution in [2.75, 3.05) is 52.4 Å². The molecule has 0 saturated carbocycles. The van der Waals surface area contributed by atoms with E-state index in [1.165, 1.54) is 37.7 Å². The standard InChI is InChI=1S/C53H63N9O15S/c1-74-39-24-33-30-61(31-34(33)25-40(39)76-22-7-23-77-52-41(75-2)27-42-37(60-52)26-43(78-42)38(63)14-19-50(70)71)47(67)16-15-45(65)56-28-32-10-12-35(13-11-32)58-51(72)36(8-6-20-55-53(54)73)59-46(66)29-57-44(64)9-4-3-5-21-62-48(68)17-18-49(62)69/h10-13,17-18,24-27,36H,3-9,14-16,19-23,28-31H2,1-2H3,(H,56,65)(H,57,64)(H,58,72)(H,59,66)(H,70,71)(H3,54,55,73)/t36-/m0/s1. The van der Waals surface area contributed by atoms with Gasteiger partial charge in [0.2, 0.25) is 29.5 Å². The van der Waals surface area contributed by atoms with Crippen LogP contribution in [0.3, 0.4) is 0 Å². The van der Waals surface area contributed by atoms with Crippen LogP contribution >= 0.6 is 11.3 Å². The first-order chi connectivity index (χ1) is 37.5. The van der Waals surface area contributed by atoms with Crippen LogP contribution in [0.5, 0.6) is 23.1 Å². The summed E-state index contributed by atoms with van der Waals surface area (Å²) in [5, 5.41) is 22.1. The van der Waals surface area contributed by atoms with Crippen LogP contribution in [-0.2, 0) is 58.0 Å². The molecule has 1 atom stereocenters. The zero-order valence-electron chi connectivity index (χ0n) is 43.3. The number of hydrogen-bond acceptors (Lipinski definition) is 16. The molecule has 2 aliphatic rings. The van der Waals surface area contributed by atoms with Crippen molar-refractivity contribution in [3.8, 4) is 23.1 Å². The average Bonchev–Trinajstić information content (AvgIpc) is 4.23. The van der Waals surface area contributed by atoms with Crippen molar-refractivity contribution in [2.24, 2.45) is 5.73 Å². The lowest BCUT2D eigenvalue weighted by atomic mass is 10.1. The second-order valence-corrected chi connectivity index (χ2v) is 19.2. The third kappa shape index (κ3) is 17.7. The molecule has 0 saturated heterocycles. The summed E-state index contributed by atoms with van der Waals surface area (Å²) in [7, 11) is 3.00. The zero-order chi connectivity index (χ0) is 56.1. The number of nitrogens with one attached hydrogen (secondary N) is 5. The number of methoxy groups -OCH3 is 2. The molecule has 0 radical (unpaired) electrons. The summed E-state index contributed by atoms with van der Waals surface area (Å²) in [4.78, 5) is 130. The molecular formula is C53H63N9O15S. The molecule has 4 heterocycles. The van der Waals surface area contributed by atoms with Gasteiger partial charge in [0, 0.05) is 88.7 Å². The van der Waals surface area contributed by atoms with Gasteiger partial charge in [-0.25, -0.2) is 9.78 Å². The molecule has 78 heavy (non-hydrogen) atoms. The maximum atomic E-state index is 13.4. The second-order valence-electron chi connectivity index (χ2n) is 18.1. The maximum absolute atomic E-state index is 13.4. The maximum Gasteiger partial charge on any atom is 0.312 e. The van der Waals surface area contributed by atoms with E-state index < -0.39 is 29.9 Å². The largest absolute Gasteiger partial charge is 0.493 e. The number of anilines is 1. The molecule has 4 aromatic rings. The van der Waals surface area contributed by atoms with Crippen molar-refractivity contribution in [2.45, 2.75) is 96.3 Å². The number of benzene rings is 2. The van der Waals surface area contributed by atoms with Crippen LogP contribution in [0.1, 0.15) is 97.0 Å². The third-order valence-corrected chi connectivity index (χ3v) is 13.5. The number of thiophene rings is 1. The summed E-state index contributed by atoms with van der Waals surface area (Å²) in [6.07, 6.45) is 4.56. The van der Waals surface area contributed by atoms with E-state index in [9.17, 15) is 47.9 Å². The van der Waals surface area contributed by atoms with Crippen LogP contribution in [0.25, 0.3) is 10.2 Å². The molecule has 2 aliphatic heterocycles. The molecule has 0 aliphatic carbocycles. The number of hydrogen-bond donors (Lipinski definition) is 7. The molecule has 6 rings (SSSR count). The van der Waals surface area contributed by atoms with Crippen molar-refractivity contribution in [3.63, 3.8) is 0 Å². The highest BCUT2D eigenvalue weighted by Gasteiger charge is 2.27. The van der Waals surface area contributed by atoms with Crippen molar-refractivity contribution in [3.05, 3.63) is 82.3 Å². The Bertz CT molecular complexity index is 2890. The predicted molar refractivity (Wildman–Crippen MR) is 282 cm³/mol. The lowest BCUT2D eigenvalue weighted by molar-refractivity contribution is -0.138. The zero-order valence-corrected chi connectivity index (χ0v) is 44.1. The Morgan fingerprint density at radius 1 is 0.731 bits per heavy atom. The minimum Gasteiger partial charge on any atom is -0.493 e. The Morgan fingerprint density at radius 3 is 2.12 bits per heavy atom. The number of unbranched alkanes of at least 4 members (excludes halogenated alkanes) is 2. The Hall–Kier alpha value is -8.61. The number of nitrogens with zero attached hydrogens (tertiary/aromatic N) is 3. The Balaban J connectivity index is 0.887. The van der Waals surface area contributed by atoms with Gasteiger partial charge in [-0.15, -0.1) is 11.3 Å².